The smallest absolute Gasteiger partial charge is 0.0211 e. The van der Waals surface area contributed by atoms with Gasteiger partial charge in [-0.05, 0) is 20.8 Å². The van der Waals surface area contributed by atoms with Gasteiger partial charge in [0.2, 0.25) is 0 Å². The Labute approximate surface area is 66.8 Å². The molecule has 54 valence electrons. The number of rotatable bonds is 1. The highest BCUT2D eigenvalue weighted by molar-refractivity contribution is 9.09. The van der Waals surface area contributed by atoms with Crippen LogP contribution in [0.1, 0.15) is 20.8 Å². The molecule has 0 aliphatic heterocycles. The Kier molecular flexibility index (Phi) is 20.4. The Bertz CT molecular complexity index is 68.6. The van der Waals surface area contributed by atoms with E-state index in [0.717, 1.165) is 5.33 Å². The molecule has 0 spiro atoms. The van der Waals surface area contributed by atoms with Crippen molar-refractivity contribution in [2.24, 2.45) is 0 Å². The summed E-state index contributed by atoms with van der Waals surface area (Å²) in [6.07, 6.45) is 8.05. The molecule has 0 aromatic heterocycles. The van der Waals surface area contributed by atoms with Crippen molar-refractivity contribution in [1.29, 1.82) is 0 Å². The van der Waals surface area contributed by atoms with Crippen LogP contribution < -0.4 is 0 Å². The van der Waals surface area contributed by atoms with Gasteiger partial charge in [0.15, 0.2) is 0 Å². The summed E-state index contributed by atoms with van der Waals surface area (Å²) in [6, 6.07) is 0. The zero-order valence-corrected chi connectivity index (χ0v) is 7.98. The summed E-state index contributed by atoms with van der Waals surface area (Å²) in [5.74, 6) is 0. The van der Waals surface area contributed by atoms with Crippen molar-refractivity contribution < 1.29 is 0 Å². The molecule has 0 rings (SSSR count). The minimum absolute atomic E-state index is 0.976. The Morgan fingerprint density at radius 3 is 1.44 bits per heavy atom. The molecule has 0 saturated carbocycles. The molecule has 0 aromatic rings. The zero-order chi connectivity index (χ0) is 7.54. The Morgan fingerprint density at radius 2 is 1.44 bits per heavy atom. The minimum Gasteiger partial charge on any atom is -0.0919 e. The standard InChI is InChI=1S/C4H7Br.C4H8/c1-2-3-4-5;1-3-4-2/h2-3H,4H2,1H3;3-4H,1-2H3/b3-2+;4-3+. The van der Waals surface area contributed by atoms with E-state index in [1.54, 1.807) is 0 Å². The Balaban J connectivity index is 0. The average Bonchev–Trinajstić information content (AvgIpc) is 1.91. The molecule has 0 amide bonds. The summed E-state index contributed by atoms with van der Waals surface area (Å²) < 4.78 is 0. The summed E-state index contributed by atoms with van der Waals surface area (Å²) in [7, 11) is 0. The lowest BCUT2D eigenvalue weighted by Gasteiger charge is -1.63. The van der Waals surface area contributed by atoms with Crippen molar-refractivity contribution in [2.75, 3.05) is 5.33 Å². The lowest BCUT2D eigenvalue weighted by Crippen LogP contribution is -1.49. The lowest BCUT2D eigenvalue weighted by atomic mass is 10.6. The van der Waals surface area contributed by atoms with Crippen LogP contribution in [-0.2, 0) is 0 Å². The van der Waals surface area contributed by atoms with Crippen LogP contribution in [0.4, 0.5) is 0 Å². The summed E-state index contributed by atoms with van der Waals surface area (Å²) in [4.78, 5) is 0. The van der Waals surface area contributed by atoms with Crippen molar-refractivity contribution in [3.8, 4) is 0 Å². The maximum atomic E-state index is 3.22. The molecule has 1 heteroatoms. The second kappa shape index (κ2) is 15.7. The first-order chi connectivity index (χ1) is 4.33. The van der Waals surface area contributed by atoms with Crippen LogP contribution in [0.15, 0.2) is 24.3 Å². The maximum absolute atomic E-state index is 3.22. The predicted molar refractivity (Wildman–Crippen MR) is 49.1 cm³/mol. The van der Waals surface area contributed by atoms with Gasteiger partial charge >= 0.3 is 0 Å². The molecule has 0 radical (unpaired) electrons. The third-order valence-corrected chi connectivity index (χ3v) is 1.03. The molecule has 0 atom stereocenters. The van der Waals surface area contributed by atoms with Gasteiger partial charge in [-0.3, -0.25) is 0 Å². The van der Waals surface area contributed by atoms with Gasteiger partial charge in [-0.1, -0.05) is 40.2 Å². The number of hydrogen-bond acceptors (Lipinski definition) is 0. The molecule has 9 heavy (non-hydrogen) atoms. The molecule has 0 aliphatic carbocycles. The van der Waals surface area contributed by atoms with E-state index in [1.165, 1.54) is 0 Å². The van der Waals surface area contributed by atoms with Gasteiger partial charge in [0.25, 0.3) is 0 Å². The third kappa shape index (κ3) is 32.3. The fourth-order valence-electron chi connectivity index (χ4n) is 0.0891. The number of allylic oxidation sites excluding steroid dienone is 4. The highest BCUT2D eigenvalue weighted by Crippen LogP contribution is 1.77. The largest absolute Gasteiger partial charge is 0.0919 e. The maximum Gasteiger partial charge on any atom is 0.0211 e. The van der Waals surface area contributed by atoms with Gasteiger partial charge in [0, 0.05) is 5.33 Å². The van der Waals surface area contributed by atoms with Gasteiger partial charge in [0.05, 0.1) is 0 Å². The topological polar surface area (TPSA) is 0 Å². The van der Waals surface area contributed by atoms with Crippen molar-refractivity contribution >= 4 is 15.9 Å². The lowest BCUT2D eigenvalue weighted by molar-refractivity contribution is 1.64. The average molecular weight is 191 g/mol. The molecule has 0 bridgehead atoms. The van der Waals surface area contributed by atoms with Crippen LogP contribution in [0.5, 0.6) is 0 Å². The molecule has 0 aromatic carbocycles. The van der Waals surface area contributed by atoms with E-state index >= 15 is 0 Å². The van der Waals surface area contributed by atoms with E-state index in [1.807, 2.05) is 45.1 Å². The van der Waals surface area contributed by atoms with Gasteiger partial charge < -0.3 is 0 Å². The normalized spacial score (nSPS) is 9.78. The summed E-state index contributed by atoms with van der Waals surface area (Å²) in [5, 5.41) is 0.976. The van der Waals surface area contributed by atoms with Gasteiger partial charge in [-0.2, -0.15) is 0 Å². The second-order valence-corrected chi connectivity index (χ2v) is 2.04. The van der Waals surface area contributed by atoms with E-state index < -0.39 is 0 Å². The van der Waals surface area contributed by atoms with E-state index in [4.69, 9.17) is 0 Å². The fourth-order valence-corrected chi connectivity index (χ4v) is 0.463. The van der Waals surface area contributed by atoms with Crippen LogP contribution in [-0.4, -0.2) is 5.33 Å². The summed E-state index contributed by atoms with van der Waals surface area (Å²) >= 11 is 3.22. The van der Waals surface area contributed by atoms with Gasteiger partial charge in [-0.25, -0.2) is 0 Å². The van der Waals surface area contributed by atoms with Crippen LogP contribution in [0.3, 0.4) is 0 Å². The second-order valence-electron chi connectivity index (χ2n) is 1.39. The summed E-state index contributed by atoms with van der Waals surface area (Å²) in [5.41, 5.74) is 0. The van der Waals surface area contributed by atoms with Crippen LogP contribution >= 0.6 is 15.9 Å². The van der Waals surface area contributed by atoms with Gasteiger partial charge in [-0.15, -0.1) is 0 Å². The third-order valence-electron chi connectivity index (χ3n) is 0.658. The van der Waals surface area contributed by atoms with Crippen LogP contribution in [0.2, 0.25) is 0 Å². The summed E-state index contributed by atoms with van der Waals surface area (Å²) in [6.45, 7) is 6.00. The Hall–Kier alpha value is -0.0400. The molecule has 0 nitrogen and oxygen atoms in total. The fraction of sp³-hybridized carbons (Fsp3) is 0.500. The van der Waals surface area contributed by atoms with E-state index in [2.05, 4.69) is 15.9 Å². The zero-order valence-electron chi connectivity index (χ0n) is 6.39. The van der Waals surface area contributed by atoms with Crippen molar-refractivity contribution in [3.05, 3.63) is 24.3 Å². The molecule has 0 N–H and O–H groups in total. The van der Waals surface area contributed by atoms with Crippen molar-refractivity contribution in [3.63, 3.8) is 0 Å². The van der Waals surface area contributed by atoms with E-state index in [0.29, 0.717) is 0 Å². The van der Waals surface area contributed by atoms with E-state index in [-0.39, 0.29) is 0 Å². The molecular formula is C8H15Br. The quantitative estimate of drug-likeness (QED) is 0.439. The first-order valence-corrected chi connectivity index (χ1v) is 4.20. The van der Waals surface area contributed by atoms with Crippen molar-refractivity contribution in [1.82, 2.24) is 0 Å². The SMILES string of the molecule is C/C=C/C.C/C=C/CBr. The highest BCUT2D eigenvalue weighted by atomic mass is 79.9. The number of alkyl halides is 1. The molecule has 0 unspecified atom stereocenters. The van der Waals surface area contributed by atoms with Crippen LogP contribution in [0.25, 0.3) is 0 Å². The highest BCUT2D eigenvalue weighted by Gasteiger charge is 1.54. The molecular weight excluding hydrogens is 176 g/mol. The van der Waals surface area contributed by atoms with Gasteiger partial charge in [0.1, 0.15) is 0 Å². The molecule has 0 fully saturated rings. The predicted octanol–water partition coefficient (Wildman–Crippen LogP) is 3.54. The van der Waals surface area contributed by atoms with E-state index in [9.17, 15) is 0 Å². The monoisotopic (exact) mass is 190 g/mol. The van der Waals surface area contributed by atoms with Crippen molar-refractivity contribution in [2.45, 2.75) is 20.8 Å². The Morgan fingerprint density at radius 1 is 1.00 bits per heavy atom. The number of hydrogen-bond donors (Lipinski definition) is 0. The van der Waals surface area contributed by atoms with Crippen LogP contribution in [0, 0.1) is 0 Å². The molecule has 0 aliphatic rings. The number of halogens is 1. The molecule has 0 heterocycles. The first-order valence-electron chi connectivity index (χ1n) is 3.07. The minimum atomic E-state index is 0.976. The molecule has 0 saturated heterocycles. The first kappa shape index (κ1) is 11.7.